The van der Waals surface area contributed by atoms with Crippen molar-refractivity contribution in [2.24, 2.45) is 0 Å². The molecular formula is C23H30ClN3O3S. The van der Waals surface area contributed by atoms with E-state index in [1.807, 2.05) is 24.3 Å². The molecule has 0 spiro atoms. The zero-order valence-electron chi connectivity index (χ0n) is 17.9. The van der Waals surface area contributed by atoms with E-state index in [4.69, 9.17) is 16.3 Å². The number of aryl methyl sites for hydroxylation is 1. The zero-order valence-corrected chi connectivity index (χ0v) is 19.5. The quantitative estimate of drug-likeness (QED) is 0.386. The van der Waals surface area contributed by atoms with Gasteiger partial charge in [0.15, 0.2) is 0 Å². The van der Waals surface area contributed by atoms with Crippen LogP contribution in [0.25, 0.3) is 0 Å². The smallest absolute Gasteiger partial charge is 0.323 e. The molecule has 1 heterocycles. The van der Waals surface area contributed by atoms with E-state index in [1.165, 1.54) is 4.31 Å². The summed E-state index contributed by atoms with van der Waals surface area (Å²) in [4.78, 5) is 2.22. The second-order valence-corrected chi connectivity index (χ2v) is 9.72. The Kier molecular flexibility index (Phi) is 8.23. The highest BCUT2D eigenvalue weighted by Gasteiger charge is 2.27. The highest BCUT2D eigenvalue weighted by molar-refractivity contribution is 7.94. The lowest BCUT2D eigenvalue weighted by atomic mass is 10.0. The number of likely N-dealkylation sites (N-methyl/N-ethyl adjacent to an activating group) is 1. The highest BCUT2D eigenvalue weighted by Crippen LogP contribution is 2.33. The number of halogens is 1. The Bertz CT molecular complexity index is 980. The Hall–Kier alpha value is -2.22. The van der Waals surface area contributed by atoms with Gasteiger partial charge in [0.1, 0.15) is 5.75 Å². The normalized spacial score (nSPS) is 13.7. The highest BCUT2D eigenvalue weighted by atomic mass is 35.5. The van der Waals surface area contributed by atoms with Crippen LogP contribution in [0.15, 0.2) is 55.1 Å². The van der Waals surface area contributed by atoms with Gasteiger partial charge in [-0.2, -0.15) is 8.42 Å². The molecule has 168 valence electrons. The van der Waals surface area contributed by atoms with Crippen LogP contribution in [0.1, 0.15) is 24.8 Å². The summed E-state index contributed by atoms with van der Waals surface area (Å²) in [5.41, 5.74) is 2.16. The van der Waals surface area contributed by atoms with E-state index in [9.17, 15) is 8.42 Å². The van der Waals surface area contributed by atoms with E-state index in [0.29, 0.717) is 29.5 Å². The fourth-order valence-corrected chi connectivity index (χ4v) is 5.06. The molecule has 1 N–H and O–H groups in total. The van der Waals surface area contributed by atoms with Gasteiger partial charge in [0, 0.05) is 18.1 Å². The third kappa shape index (κ3) is 6.63. The van der Waals surface area contributed by atoms with E-state index >= 15 is 0 Å². The maximum absolute atomic E-state index is 13.0. The van der Waals surface area contributed by atoms with Gasteiger partial charge in [0.25, 0.3) is 0 Å². The van der Waals surface area contributed by atoms with Crippen LogP contribution >= 0.6 is 11.6 Å². The average Bonchev–Trinajstić information content (AvgIpc) is 2.74. The zero-order chi connectivity index (χ0) is 22.3. The third-order valence-electron chi connectivity index (χ3n) is 5.15. The summed E-state index contributed by atoms with van der Waals surface area (Å²) < 4.78 is 35.9. The minimum atomic E-state index is -3.72. The van der Waals surface area contributed by atoms with Crippen LogP contribution in [-0.2, 0) is 16.6 Å². The molecule has 0 unspecified atom stereocenters. The molecule has 1 aliphatic rings. The van der Waals surface area contributed by atoms with Crippen molar-refractivity contribution < 1.29 is 13.2 Å². The van der Waals surface area contributed by atoms with Gasteiger partial charge < -0.3 is 9.64 Å². The predicted octanol–water partition coefficient (Wildman–Crippen LogP) is 4.73. The monoisotopic (exact) mass is 463 g/mol. The Morgan fingerprint density at radius 3 is 2.74 bits per heavy atom. The molecule has 2 aromatic carbocycles. The summed E-state index contributed by atoms with van der Waals surface area (Å²) in [5.74, 6) is 0.781. The van der Waals surface area contributed by atoms with E-state index < -0.39 is 10.2 Å². The average molecular weight is 464 g/mol. The molecule has 0 fully saturated rings. The van der Waals surface area contributed by atoms with Crippen molar-refractivity contribution in [2.75, 3.05) is 42.3 Å². The summed E-state index contributed by atoms with van der Waals surface area (Å²) >= 11 is 5.89. The first kappa shape index (κ1) is 23.4. The molecule has 0 saturated carbocycles. The number of hydrogen-bond donors (Lipinski definition) is 1. The van der Waals surface area contributed by atoms with Crippen molar-refractivity contribution in [3.63, 3.8) is 0 Å². The summed E-state index contributed by atoms with van der Waals surface area (Å²) in [5, 5.41) is 0.558. The number of benzene rings is 2. The lowest BCUT2D eigenvalue weighted by Gasteiger charge is -2.31. The molecule has 0 aliphatic carbocycles. The van der Waals surface area contributed by atoms with Crippen LogP contribution in [0, 0.1) is 0 Å². The lowest BCUT2D eigenvalue weighted by Crippen LogP contribution is -2.39. The molecule has 2 aromatic rings. The Morgan fingerprint density at radius 1 is 1.23 bits per heavy atom. The van der Waals surface area contributed by atoms with Gasteiger partial charge in [-0.05, 0) is 87.3 Å². The van der Waals surface area contributed by atoms with Crippen LogP contribution < -0.4 is 13.8 Å². The standard InChI is InChI=1S/C23H30ClN3O3S/c1-3-14-26(2)15-4-5-17-30-22-12-13-23-19(18-22)7-6-16-27(23)31(28,29)25-21-10-8-20(24)9-11-21/h3,8-13,18,25H,1,4-7,14-17H2,2H3. The molecule has 6 nitrogen and oxygen atoms in total. The SMILES string of the molecule is C=CCN(C)CCCCOc1ccc2c(c1)CCCN2S(=O)(=O)Nc1ccc(Cl)cc1. The van der Waals surface area contributed by atoms with Crippen LogP contribution in [0.4, 0.5) is 11.4 Å². The molecule has 0 aromatic heterocycles. The van der Waals surface area contributed by atoms with Crippen molar-refractivity contribution in [1.82, 2.24) is 4.90 Å². The molecule has 0 amide bonds. The molecular weight excluding hydrogens is 434 g/mol. The van der Waals surface area contributed by atoms with Gasteiger partial charge in [-0.3, -0.25) is 9.03 Å². The topological polar surface area (TPSA) is 61.9 Å². The van der Waals surface area contributed by atoms with Crippen molar-refractivity contribution in [3.8, 4) is 5.75 Å². The number of ether oxygens (including phenoxy) is 1. The van der Waals surface area contributed by atoms with Gasteiger partial charge in [0.2, 0.25) is 0 Å². The van der Waals surface area contributed by atoms with E-state index in [2.05, 4.69) is 23.2 Å². The number of rotatable bonds is 11. The van der Waals surface area contributed by atoms with E-state index in [1.54, 1.807) is 24.3 Å². The van der Waals surface area contributed by atoms with Gasteiger partial charge in [0.05, 0.1) is 18.0 Å². The van der Waals surface area contributed by atoms with Gasteiger partial charge in [-0.15, -0.1) is 6.58 Å². The third-order valence-corrected chi connectivity index (χ3v) is 6.86. The summed E-state index contributed by atoms with van der Waals surface area (Å²) in [6.45, 7) is 6.72. The molecule has 31 heavy (non-hydrogen) atoms. The maximum atomic E-state index is 13.0. The molecule has 1 aliphatic heterocycles. The van der Waals surface area contributed by atoms with Crippen molar-refractivity contribution in [3.05, 3.63) is 65.7 Å². The number of fused-ring (bicyclic) bond motifs is 1. The number of hydrogen-bond acceptors (Lipinski definition) is 4. The number of nitrogens with one attached hydrogen (secondary N) is 1. The van der Waals surface area contributed by atoms with Gasteiger partial charge >= 0.3 is 10.2 Å². The second kappa shape index (κ2) is 10.9. The largest absolute Gasteiger partial charge is 0.494 e. The van der Waals surface area contributed by atoms with Crippen molar-refractivity contribution in [2.45, 2.75) is 25.7 Å². The molecule has 0 radical (unpaired) electrons. The summed E-state index contributed by atoms with van der Waals surface area (Å²) in [7, 11) is -1.65. The predicted molar refractivity (Wildman–Crippen MR) is 129 cm³/mol. The first-order valence-electron chi connectivity index (χ1n) is 10.5. The van der Waals surface area contributed by atoms with E-state index in [-0.39, 0.29) is 0 Å². The van der Waals surface area contributed by atoms with Gasteiger partial charge in [-0.1, -0.05) is 17.7 Å². The first-order chi connectivity index (χ1) is 14.9. The van der Waals surface area contributed by atoms with Crippen molar-refractivity contribution in [1.29, 1.82) is 0 Å². The van der Waals surface area contributed by atoms with Crippen LogP contribution in [0.5, 0.6) is 5.75 Å². The number of nitrogens with zero attached hydrogens (tertiary/aromatic N) is 2. The van der Waals surface area contributed by atoms with Crippen molar-refractivity contribution >= 4 is 33.2 Å². The molecule has 0 bridgehead atoms. The Labute approximate surface area is 190 Å². The van der Waals surface area contributed by atoms with Crippen LogP contribution in [0.3, 0.4) is 0 Å². The molecule has 0 saturated heterocycles. The maximum Gasteiger partial charge on any atom is 0.323 e. The molecule has 0 atom stereocenters. The Balaban J connectivity index is 1.60. The lowest BCUT2D eigenvalue weighted by molar-refractivity contribution is 0.287. The summed E-state index contributed by atoms with van der Waals surface area (Å²) in [6, 6.07) is 12.3. The first-order valence-corrected chi connectivity index (χ1v) is 12.3. The molecule has 3 rings (SSSR count). The minimum absolute atomic E-state index is 0.439. The minimum Gasteiger partial charge on any atom is -0.494 e. The summed E-state index contributed by atoms with van der Waals surface area (Å²) in [6.07, 6.45) is 5.50. The second-order valence-electron chi connectivity index (χ2n) is 7.69. The van der Waals surface area contributed by atoms with Crippen LogP contribution in [-0.4, -0.2) is 46.6 Å². The number of unbranched alkanes of at least 4 members (excludes halogenated alkanes) is 1. The fourth-order valence-electron chi connectivity index (χ4n) is 3.59. The van der Waals surface area contributed by atoms with Crippen LogP contribution in [0.2, 0.25) is 5.02 Å². The van der Waals surface area contributed by atoms with Gasteiger partial charge in [-0.25, -0.2) is 0 Å². The Morgan fingerprint density at radius 2 is 2.00 bits per heavy atom. The number of anilines is 2. The molecule has 8 heteroatoms. The fraction of sp³-hybridized carbons (Fsp3) is 0.391. The van der Waals surface area contributed by atoms with E-state index in [0.717, 1.165) is 50.1 Å².